The average Bonchev–Trinajstić information content (AvgIpc) is 2.39. The number of sulfone groups is 1. The van der Waals surface area contributed by atoms with E-state index in [2.05, 4.69) is 13.8 Å². The lowest BCUT2D eigenvalue weighted by Gasteiger charge is -2.09. The molecule has 0 fully saturated rings. The molecule has 0 spiro atoms. The van der Waals surface area contributed by atoms with Gasteiger partial charge in [0.05, 0.1) is 11.9 Å². The normalized spacial score (nSPS) is 24.6. The Morgan fingerprint density at radius 3 is 2.71 bits per heavy atom. The Balaban J connectivity index is 2.13. The molecule has 4 heteroatoms. The van der Waals surface area contributed by atoms with Crippen LogP contribution < -0.4 is 0 Å². The summed E-state index contributed by atoms with van der Waals surface area (Å²) < 4.78 is 27.5. The highest BCUT2D eigenvalue weighted by atomic mass is 32.2. The highest BCUT2D eigenvalue weighted by molar-refractivity contribution is 7.94. The highest BCUT2D eigenvalue weighted by Gasteiger charge is 2.21. The van der Waals surface area contributed by atoms with Gasteiger partial charge in [0, 0.05) is 12.0 Å². The Hall–Kier alpha value is -0.350. The molecule has 82 valence electrons. The first-order chi connectivity index (χ1) is 6.49. The van der Waals surface area contributed by atoms with Crippen molar-refractivity contribution in [3.63, 3.8) is 0 Å². The van der Waals surface area contributed by atoms with Crippen LogP contribution in [0.4, 0.5) is 0 Å². The van der Waals surface area contributed by atoms with Gasteiger partial charge in [-0.3, -0.25) is 0 Å². The van der Waals surface area contributed by atoms with Crippen LogP contribution in [0.15, 0.2) is 11.5 Å². The molecule has 0 bridgehead atoms. The standard InChI is InChI=1S/C10H18O3S/c1-9(2)4-3-6-13-10-5-7-14(11,12)8-10/h5,7,9-10H,3-4,6,8H2,1-2H3. The summed E-state index contributed by atoms with van der Waals surface area (Å²) in [7, 11) is -2.95. The molecule has 0 aromatic rings. The zero-order chi connectivity index (χ0) is 10.6. The summed E-state index contributed by atoms with van der Waals surface area (Å²) in [5.41, 5.74) is 0. The van der Waals surface area contributed by atoms with E-state index in [-0.39, 0.29) is 11.9 Å². The summed E-state index contributed by atoms with van der Waals surface area (Å²) in [6.45, 7) is 4.99. The minimum atomic E-state index is -2.95. The van der Waals surface area contributed by atoms with Crippen LogP contribution >= 0.6 is 0 Å². The van der Waals surface area contributed by atoms with Gasteiger partial charge in [-0.15, -0.1) is 0 Å². The van der Waals surface area contributed by atoms with Crippen LogP contribution in [0.1, 0.15) is 26.7 Å². The topological polar surface area (TPSA) is 43.4 Å². The summed E-state index contributed by atoms with van der Waals surface area (Å²) in [6, 6.07) is 0. The summed E-state index contributed by atoms with van der Waals surface area (Å²) in [6.07, 6.45) is 3.54. The summed E-state index contributed by atoms with van der Waals surface area (Å²) >= 11 is 0. The molecule has 0 saturated carbocycles. The monoisotopic (exact) mass is 218 g/mol. The first-order valence-electron chi connectivity index (χ1n) is 5.02. The van der Waals surface area contributed by atoms with E-state index in [1.807, 2.05) is 0 Å². The van der Waals surface area contributed by atoms with Gasteiger partial charge in [0.2, 0.25) is 0 Å². The summed E-state index contributed by atoms with van der Waals surface area (Å²) in [5.74, 6) is 0.802. The van der Waals surface area contributed by atoms with Crippen molar-refractivity contribution in [3.8, 4) is 0 Å². The van der Waals surface area contributed by atoms with E-state index in [9.17, 15) is 8.42 Å². The van der Waals surface area contributed by atoms with Crippen molar-refractivity contribution in [2.24, 2.45) is 5.92 Å². The van der Waals surface area contributed by atoms with Gasteiger partial charge in [-0.25, -0.2) is 8.42 Å². The van der Waals surface area contributed by atoms with E-state index in [0.29, 0.717) is 12.5 Å². The maximum Gasteiger partial charge on any atom is 0.174 e. The van der Waals surface area contributed by atoms with Crippen LogP contribution in [0.3, 0.4) is 0 Å². The predicted molar refractivity (Wildman–Crippen MR) is 56.7 cm³/mol. The van der Waals surface area contributed by atoms with Crippen LogP contribution in [-0.2, 0) is 14.6 Å². The SMILES string of the molecule is CC(C)CCCOC1C=CS(=O)(=O)C1. The molecule has 0 radical (unpaired) electrons. The molecule has 0 aromatic heterocycles. The van der Waals surface area contributed by atoms with Gasteiger partial charge in [0.15, 0.2) is 9.84 Å². The van der Waals surface area contributed by atoms with Crippen molar-refractivity contribution in [1.82, 2.24) is 0 Å². The zero-order valence-electron chi connectivity index (χ0n) is 8.77. The van der Waals surface area contributed by atoms with E-state index < -0.39 is 9.84 Å². The van der Waals surface area contributed by atoms with E-state index in [1.54, 1.807) is 6.08 Å². The van der Waals surface area contributed by atoms with Crippen LogP contribution in [0, 0.1) is 5.92 Å². The van der Waals surface area contributed by atoms with Crippen molar-refractivity contribution in [2.45, 2.75) is 32.8 Å². The Morgan fingerprint density at radius 2 is 2.21 bits per heavy atom. The molecule has 14 heavy (non-hydrogen) atoms. The second kappa shape index (κ2) is 4.94. The lowest BCUT2D eigenvalue weighted by molar-refractivity contribution is 0.0958. The molecular weight excluding hydrogens is 200 g/mol. The largest absolute Gasteiger partial charge is 0.373 e. The molecule has 0 aromatic carbocycles. The predicted octanol–water partition coefficient (Wildman–Crippen LogP) is 1.75. The number of ether oxygens (including phenoxy) is 1. The third-order valence-electron chi connectivity index (χ3n) is 2.15. The summed E-state index contributed by atoms with van der Waals surface area (Å²) in [4.78, 5) is 0. The van der Waals surface area contributed by atoms with Crippen molar-refractivity contribution in [3.05, 3.63) is 11.5 Å². The maximum absolute atomic E-state index is 11.0. The fourth-order valence-corrected chi connectivity index (χ4v) is 2.57. The summed E-state index contributed by atoms with van der Waals surface area (Å²) in [5, 5.41) is 1.25. The van der Waals surface area contributed by atoms with Gasteiger partial charge in [-0.1, -0.05) is 13.8 Å². The number of rotatable bonds is 5. The van der Waals surface area contributed by atoms with Gasteiger partial charge in [-0.2, -0.15) is 0 Å². The Morgan fingerprint density at radius 1 is 1.50 bits per heavy atom. The van der Waals surface area contributed by atoms with Gasteiger partial charge in [0.25, 0.3) is 0 Å². The molecular formula is C10H18O3S. The van der Waals surface area contributed by atoms with Crippen LogP contribution in [0.2, 0.25) is 0 Å². The van der Waals surface area contributed by atoms with E-state index in [1.165, 1.54) is 5.41 Å². The van der Waals surface area contributed by atoms with Gasteiger partial charge < -0.3 is 4.74 Å². The minimum absolute atomic E-state index is 0.120. The van der Waals surface area contributed by atoms with Crippen LogP contribution in [-0.4, -0.2) is 26.9 Å². The van der Waals surface area contributed by atoms with Crippen molar-refractivity contribution in [2.75, 3.05) is 12.4 Å². The molecule has 0 amide bonds. The van der Waals surface area contributed by atoms with Crippen LogP contribution in [0.25, 0.3) is 0 Å². The van der Waals surface area contributed by atoms with Gasteiger partial charge in [-0.05, 0) is 24.8 Å². The fraction of sp³-hybridized carbons (Fsp3) is 0.800. The Labute approximate surface area is 86.1 Å². The van der Waals surface area contributed by atoms with Crippen molar-refractivity contribution >= 4 is 9.84 Å². The van der Waals surface area contributed by atoms with E-state index in [0.717, 1.165) is 12.8 Å². The third-order valence-corrected chi connectivity index (χ3v) is 3.52. The second-order valence-electron chi connectivity index (χ2n) is 4.10. The molecule has 0 aliphatic carbocycles. The van der Waals surface area contributed by atoms with Crippen molar-refractivity contribution < 1.29 is 13.2 Å². The smallest absolute Gasteiger partial charge is 0.174 e. The van der Waals surface area contributed by atoms with E-state index >= 15 is 0 Å². The molecule has 1 unspecified atom stereocenters. The van der Waals surface area contributed by atoms with Crippen molar-refractivity contribution in [1.29, 1.82) is 0 Å². The molecule has 3 nitrogen and oxygen atoms in total. The maximum atomic E-state index is 11.0. The van der Waals surface area contributed by atoms with E-state index in [4.69, 9.17) is 4.74 Å². The molecule has 1 rings (SSSR count). The third kappa shape index (κ3) is 4.24. The highest BCUT2D eigenvalue weighted by Crippen LogP contribution is 2.12. The number of hydrogen-bond donors (Lipinski definition) is 0. The Kier molecular flexibility index (Phi) is 4.13. The molecule has 0 N–H and O–H groups in total. The molecule has 1 aliphatic rings. The Bertz CT molecular complexity index is 290. The minimum Gasteiger partial charge on any atom is -0.373 e. The fourth-order valence-electron chi connectivity index (χ4n) is 1.38. The first kappa shape index (κ1) is 11.7. The first-order valence-corrected chi connectivity index (χ1v) is 6.74. The van der Waals surface area contributed by atoms with Gasteiger partial charge in [0.1, 0.15) is 0 Å². The average molecular weight is 218 g/mol. The quantitative estimate of drug-likeness (QED) is 0.660. The van der Waals surface area contributed by atoms with Gasteiger partial charge >= 0.3 is 0 Å². The molecule has 0 saturated heterocycles. The molecule has 1 atom stereocenters. The molecule has 1 heterocycles. The number of hydrogen-bond acceptors (Lipinski definition) is 3. The zero-order valence-corrected chi connectivity index (χ0v) is 9.59. The lowest BCUT2D eigenvalue weighted by Crippen LogP contribution is -2.16. The lowest BCUT2D eigenvalue weighted by atomic mass is 10.1. The molecule has 1 aliphatic heterocycles. The second-order valence-corrected chi connectivity index (χ2v) is 6.03. The van der Waals surface area contributed by atoms with Crippen LogP contribution in [0.5, 0.6) is 0 Å².